The molecular weight excluding hydrogens is 254 g/mol. The van der Waals surface area contributed by atoms with Crippen LogP contribution in [0.4, 0.5) is 8.78 Å². The Bertz CT molecular complexity index is 684. The van der Waals surface area contributed by atoms with Gasteiger partial charge in [-0.2, -0.15) is 0 Å². The maximum absolute atomic E-state index is 14.2. The molecule has 0 aromatic heterocycles. The highest BCUT2D eigenvalue weighted by atomic mass is 19.1. The van der Waals surface area contributed by atoms with E-state index < -0.39 is 0 Å². The molecule has 3 rings (SSSR count). The second kappa shape index (κ2) is 5.20. The van der Waals surface area contributed by atoms with Gasteiger partial charge in [0.15, 0.2) is 0 Å². The Hall–Kier alpha value is -1.96. The highest BCUT2D eigenvalue weighted by molar-refractivity contribution is 5.84. The number of hydrogen-bond acceptors (Lipinski definition) is 0. The molecule has 0 amide bonds. The van der Waals surface area contributed by atoms with Crippen molar-refractivity contribution in [3.8, 4) is 0 Å². The molecule has 20 heavy (non-hydrogen) atoms. The largest absolute Gasteiger partial charge is 0.207 e. The van der Waals surface area contributed by atoms with Gasteiger partial charge < -0.3 is 0 Å². The summed E-state index contributed by atoms with van der Waals surface area (Å²) in [6.45, 7) is 2.01. The summed E-state index contributed by atoms with van der Waals surface area (Å²) in [7, 11) is 0. The summed E-state index contributed by atoms with van der Waals surface area (Å²) in [6.07, 6.45) is 4.04. The third kappa shape index (κ3) is 2.26. The van der Waals surface area contributed by atoms with E-state index >= 15 is 0 Å². The van der Waals surface area contributed by atoms with Gasteiger partial charge in [0.2, 0.25) is 0 Å². The van der Waals surface area contributed by atoms with E-state index in [0.717, 1.165) is 28.7 Å². The molecule has 102 valence electrons. The molecule has 0 aliphatic heterocycles. The van der Waals surface area contributed by atoms with Crippen molar-refractivity contribution < 1.29 is 8.78 Å². The van der Waals surface area contributed by atoms with E-state index in [1.54, 1.807) is 12.1 Å². The lowest BCUT2D eigenvalue weighted by Gasteiger charge is -2.18. The molecule has 0 N–H and O–H groups in total. The predicted molar refractivity (Wildman–Crippen MR) is 78.4 cm³/mol. The number of hydrogen-bond donors (Lipinski definition) is 0. The lowest BCUT2D eigenvalue weighted by atomic mass is 9.88. The number of halogens is 2. The Labute approximate surface area is 117 Å². The fourth-order valence-corrected chi connectivity index (χ4v) is 2.75. The average Bonchev–Trinajstić information content (AvgIpc) is 2.47. The first-order chi connectivity index (χ1) is 9.69. The molecule has 0 radical (unpaired) electrons. The van der Waals surface area contributed by atoms with Crippen LogP contribution in [0.15, 0.2) is 36.4 Å². The van der Waals surface area contributed by atoms with Crippen molar-refractivity contribution in [2.24, 2.45) is 0 Å². The molecule has 1 aliphatic carbocycles. The normalized spacial score (nSPS) is 13.8. The molecule has 2 aromatic rings. The van der Waals surface area contributed by atoms with Crippen molar-refractivity contribution in [3.05, 3.63) is 70.3 Å². The summed E-state index contributed by atoms with van der Waals surface area (Å²) in [5.41, 5.74) is 4.18. The molecule has 0 heterocycles. The third-order valence-electron chi connectivity index (χ3n) is 3.92. The topological polar surface area (TPSA) is 0 Å². The minimum Gasteiger partial charge on any atom is -0.207 e. The summed E-state index contributed by atoms with van der Waals surface area (Å²) < 4.78 is 27.8. The van der Waals surface area contributed by atoms with Crippen molar-refractivity contribution in [2.45, 2.75) is 26.2 Å². The molecule has 0 saturated heterocycles. The van der Waals surface area contributed by atoms with Gasteiger partial charge in [-0.3, -0.25) is 0 Å². The fourth-order valence-electron chi connectivity index (χ4n) is 2.75. The van der Waals surface area contributed by atoms with Crippen LogP contribution < -0.4 is 0 Å². The van der Waals surface area contributed by atoms with E-state index in [1.165, 1.54) is 6.07 Å². The number of allylic oxidation sites excluding steroid dienone is 1. The monoisotopic (exact) mass is 270 g/mol. The minimum absolute atomic E-state index is 0.167. The average molecular weight is 270 g/mol. The number of aryl methyl sites for hydroxylation is 1. The molecular formula is C18H16F2. The molecule has 1 aliphatic rings. The van der Waals surface area contributed by atoms with Crippen LogP contribution in [0.3, 0.4) is 0 Å². The SMILES string of the molecule is CCc1ccc(C2=Cc3cccc(F)c3CC2)c(F)c1. The van der Waals surface area contributed by atoms with Crippen molar-refractivity contribution in [1.29, 1.82) is 0 Å². The van der Waals surface area contributed by atoms with E-state index in [4.69, 9.17) is 0 Å². The summed E-state index contributed by atoms with van der Waals surface area (Å²) in [4.78, 5) is 0. The van der Waals surface area contributed by atoms with Gasteiger partial charge in [-0.1, -0.05) is 37.3 Å². The van der Waals surface area contributed by atoms with Crippen LogP contribution in [0.25, 0.3) is 11.6 Å². The van der Waals surface area contributed by atoms with Crippen molar-refractivity contribution in [2.75, 3.05) is 0 Å². The molecule has 0 saturated carbocycles. The highest BCUT2D eigenvalue weighted by Gasteiger charge is 2.17. The Kier molecular flexibility index (Phi) is 3.39. The lowest BCUT2D eigenvalue weighted by molar-refractivity contribution is 0.607. The fraction of sp³-hybridized carbons (Fsp3) is 0.222. The summed E-state index contributed by atoms with van der Waals surface area (Å²) in [5, 5.41) is 0. The third-order valence-corrected chi connectivity index (χ3v) is 3.92. The Morgan fingerprint density at radius 2 is 1.85 bits per heavy atom. The second-order valence-corrected chi connectivity index (χ2v) is 5.14. The van der Waals surface area contributed by atoms with Gasteiger partial charge in [-0.05, 0) is 53.7 Å². The first-order valence-electron chi connectivity index (χ1n) is 6.96. The standard InChI is InChI=1S/C18H16F2/c1-2-12-6-8-16(18(20)10-12)14-7-9-15-13(11-14)4-3-5-17(15)19/h3-6,8,10-11H,2,7,9H2,1H3. The van der Waals surface area contributed by atoms with Gasteiger partial charge in [-0.15, -0.1) is 0 Å². The molecule has 0 nitrogen and oxygen atoms in total. The van der Waals surface area contributed by atoms with Crippen LogP contribution in [0.5, 0.6) is 0 Å². The molecule has 0 fully saturated rings. The van der Waals surface area contributed by atoms with Crippen molar-refractivity contribution in [1.82, 2.24) is 0 Å². The zero-order chi connectivity index (χ0) is 14.1. The Balaban J connectivity index is 2.04. The maximum atomic E-state index is 14.2. The van der Waals surface area contributed by atoms with E-state index in [1.807, 2.05) is 31.2 Å². The van der Waals surface area contributed by atoms with Crippen LogP contribution in [-0.2, 0) is 12.8 Å². The van der Waals surface area contributed by atoms with Crippen LogP contribution in [0.2, 0.25) is 0 Å². The van der Waals surface area contributed by atoms with Crippen molar-refractivity contribution in [3.63, 3.8) is 0 Å². The number of fused-ring (bicyclic) bond motifs is 1. The highest BCUT2D eigenvalue weighted by Crippen LogP contribution is 2.32. The first kappa shape index (κ1) is 13.0. The number of rotatable bonds is 2. The Morgan fingerprint density at radius 3 is 2.60 bits per heavy atom. The summed E-state index contributed by atoms with van der Waals surface area (Å²) in [5.74, 6) is -0.352. The molecule has 2 heteroatoms. The quantitative estimate of drug-likeness (QED) is 0.719. The zero-order valence-corrected chi connectivity index (χ0v) is 11.4. The summed E-state index contributed by atoms with van der Waals surface area (Å²) in [6, 6.07) is 10.5. The zero-order valence-electron chi connectivity index (χ0n) is 11.4. The van der Waals surface area contributed by atoms with E-state index in [0.29, 0.717) is 18.4 Å². The molecule has 0 atom stereocenters. The van der Waals surface area contributed by atoms with Crippen LogP contribution in [0, 0.1) is 11.6 Å². The van der Waals surface area contributed by atoms with Crippen LogP contribution in [0.1, 0.15) is 35.6 Å². The molecule has 0 unspecified atom stereocenters. The summed E-state index contributed by atoms with van der Waals surface area (Å²) >= 11 is 0. The van der Waals surface area contributed by atoms with Gasteiger partial charge >= 0.3 is 0 Å². The van der Waals surface area contributed by atoms with Gasteiger partial charge in [0.05, 0.1) is 0 Å². The number of benzene rings is 2. The predicted octanol–water partition coefficient (Wildman–Crippen LogP) is 5.01. The smallest absolute Gasteiger partial charge is 0.130 e. The molecule has 0 bridgehead atoms. The van der Waals surface area contributed by atoms with Crippen molar-refractivity contribution >= 4 is 11.6 Å². The lowest BCUT2D eigenvalue weighted by Crippen LogP contribution is -2.03. The van der Waals surface area contributed by atoms with Gasteiger partial charge in [0.1, 0.15) is 11.6 Å². The van der Waals surface area contributed by atoms with Gasteiger partial charge in [0, 0.05) is 5.56 Å². The van der Waals surface area contributed by atoms with E-state index in [-0.39, 0.29) is 11.6 Å². The Morgan fingerprint density at radius 1 is 1.00 bits per heavy atom. The van der Waals surface area contributed by atoms with E-state index in [2.05, 4.69) is 0 Å². The van der Waals surface area contributed by atoms with Gasteiger partial charge in [0.25, 0.3) is 0 Å². The molecule has 0 spiro atoms. The maximum Gasteiger partial charge on any atom is 0.130 e. The second-order valence-electron chi connectivity index (χ2n) is 5.14. The minimum atomic E-state index is -0.185. The van der Waals surface area contributed by atoms with Crippen LogP contribution >= 0.6 is 0 Å². The first-order valence-corrected chi connectivity index (χ1v) is 6.96. The van der Waals surface area contributed by atoms with E-state index in [9.17, 15) is 8.78 Å². The van der Waals surface area contributed by atoms with Gasteiger partial charge in [-0.25, -0.2) is 8.78 Å². The molecule has 2 aromatic carbocycles. The van der Waals surface area contributed by atoms with Crippen LogP contribution in [-0.4, -0.2) is 0 Å².